The predicted molar refractivity (Wildman–Crippen MR) is 128 cm³/mol. The fraction of sp³-hybridized carbons (Fsp3) is 0. The first-order valence-electron chi connectivity index (χ1n) is 9.43. The van der Waals surface area contributed by atoms with Crippen molar-refractivity contribution >= 4 is 59.3 Å². The Labute approximate surface area is 200 Å². The maximum absolute atomic E-state index is 14.3. The molecule has 5 nitrogen and oxygen atoms in total. The van der Waals surface area contributed by atoms with Crippen LogP contribution in [0.4, 0.5) is 25.2 Å². The molecule has 33 heavy (non-hydrogen) atoms. The number of nitrogens with two attached hydrogens (primary N) is 1. The normalized spacial score (nSPS) is 11.4. The number of anilines is 3. The number of thiophene rings is 1. The van der Waals surface area contributed by atoms with Gasteiger partial charge < -0.3 is 11.1 Å². The third kappa shape index (κ3) is 4.54. The summed E-state index contributed by atoms with van der Waals surface area (Å²) < 4.78 is 55.3. The van der Waals surface area contributed by atoms with Crippen molar-refractivity contribution in [2.24, 2.45) is 0 Å². The van der Waals surface area contributed by atoms with Crippen molar-refractivity contribution in [1.29, 1.82) is 0 Å². The minimum absolute atomic E-state index is 0.00835. The van der Waals surface area contributed by atoms with Gasteiger partial charge in [-0.15, -0.1) is 11.3 Å². The molecule has 0 fully saturated rings. The molecule has 3 N–H and O–H groups in total. The summed E-state index contributed by atoms with van der Waals surface area (Å²) in [6.45, 7) is 0. The lowest BCUT2D eigenvalue weighted by atomic mass is 10.1. The average Bonchev–Trinajstić information content (AvgIpc) is 3.12. The molecule has 10 heteroatoms. The van der Waals surface area contributed by atoms with Crippen molar-refractivity contribution in [3.05, 3.63) is 99.3 Å². The highest BCUT2D eigenvalue weighted by Gasteiger charge is 2.32. The topological polar surface area (TPSA) is 89.3 Å². The third-order valence-electron chi connectivity index (χ3n) is 4.73. The number of ketones is 1. The number of hydrogen-bond donors (Lipinski definition) is 2. The van der Waals surface area contributed by atoms with Gasteiger partial charge in [-0.25, -0.2) is 17.2 Å². The first kappa shape index (κ1) is 23.1. The number of benzene rings is 3. The Bertz CT molecular complexity index is 1450. The lowest BCUT2D eigenvalue weighted by Gasteiger charge is -2.10. The van der Waals surface area contributed by atoms with E-state index in [1.807, 2.05) is 0 Å². The first-order valence-corrected chi connectivity index (χ1v) is 12.5. The Hall–Kier alpha value is -3.08. The third-order valence-corrected chi connectivity index (χ3v) is 8.36. The molecule has 0 spiro atoms. The number of carbonyl (C=O) groups excluding carboxylic acids is 1. The van der Waals surface area contributed by atoms with Crippen molar-refractivity contribution in [3.63, 3.8) is 0 Å². The van der Waals surface area contributed by atoms with Crippen LogP contribution in [0.3, 0.4) is 0 Å². The molecule has 0 saturated heterocycles. The van der Waals surface area contributed by atoms with Crippen LogP contribution in [-0.2, 0) is 9.84 Å². The molecule has 0 unspecified atom stereocenters. The van der Waals surface area contributed by atoms with Gasteiger partial charge in [0.15, 0.2) is 0 Å². The van der Waals surface area contributed by atoms with Crippen LogP contribution < -0.4 is 11.1 Å². The largest absolute Gasteiger partial charge is 0.396 e. The average molecular weight is 549 g/mol. The molecule has 0 aliphatic heterocycles. The van der Waals surface area contributed by atoms with Crippen molar-refractivity contribution in [2.75, 3.05) is 11.1 Å². The highest BCUT2D eigenvalue weighted by Crippen LogP contribution is 2.44. The molecule has 168 valence electrons. The predicted octanol–water partition coefficient (Wildman–Crippen LogP) is 6.18. The summed E-state index contributed by atoms with van der Waals surface area (Å²) in [6.07, 6.45) is 0. The van der Waals surface area contributed by atoms with Crippen LogP contribution in [0.1, 0.15) is 15.2 Å². The summed E-state index contributed by atoms with van der Waals surface area (Å²) in [5.74, 6) is -1.71. The SMILES string of the molecule is Nc1c(C(=O)c2ccc(F)cc2)sc(Nc2ccccc2F)c1S(=O)(=O)c1ccc(Br)cc1. The van der Waals surface area contributed by atoms with Gasteiger partial charge in [0.2, 0.25) is 15.6 Å². The van der Waals surface area contributed by atoms with Crippen LogP contribution in [0.15, 0.2) is 87.1 Å². The Kier molecular flexibility index (Phi) is 6.33. The summed E-state index contributed by atoms with van der Waals surface area (Å²) in [6, 6.07) is 16.4. The molecule has 0 aliphatic carbocycles. The molecule has 3 aromatic carbocycles. The summed E-state index contributed by atoms with van der Waals surface area (Å²) in [4.78, 5) is 12.6. The van der Waals surface area contributed by atoms with Crippen molar-refractivity contribution in [1.82, 2.24) is 0 Å². The van der Waals surface area contributed by atoms with Gasteiger partial charge in [-0.3, -0.25) is 4.79 Å². The number of nitrogen functional groups attached to an aromatic ring is 1. The minimum atomic E-state index is -4.18. The van der Waals surface area contributed by atoms with E-state index in [0.717, 1.165) is 23.5 Å². The van der Waals surface area contributed by atoms with E-state index in [1.165, 1.54) is 42.5 Å². The molecule has 1 aromatic heterocycles. The van der Waals surface area contributed by atoms with Gasteiger partial charge in [-0.1, -0.05) is 28.1 Å². The number of carbonyl (C=O) groups is 1. The van der Waals surface area contributed by atoms with E-state index in [0.29, 0.717) is 4.47 Å². The van der Waals surface area contributed by atoms with Crippen molar-refractivity contribution in [2.45, 2.75) is 9.79 Å². The van der Waals surface area contributed by atoms with E-state index in [9.17, 15) is 22.0 Å². The number of rotatable bonds is 6. The summed E-state index contributed by atoms with van der Waals surface area (Å²) in [7, 11) is -4.18. The zero-order valence-electron chi connectivity index (χ0n) is 16.7. The fourth-order valence-corrected chi connectivity index (χ4v) is 6.29. The highest BCUT2D eigenvalue weighted by molar-refractivity contribution is 9.10. The van der Waals surface area contributed by atoms with Gasteiger partial charge in [0.05, 0.1) is 16.3 Å². The smallest absolute Gasteiger partial charge is 0.211 e. The van der Waals surface area contributed by atoms with E-state index in [4.69, 9.17) is 5.73 Å². The molecule has 0 saturated carbocycles. The van der Waals surface area contributed by atoms with Gasteiger partial charge in [0.25, 0.3) is 0 Å². The van der Waals surface area contributed by atoms with Crippen LogP contribution in [0.25, 0.3) is 0 Å². The molecule has 0 radical (unpaired) electrons. The van der Waals surface area contributed by atoms with Crippen LogP contribution in [-0.4, -0.2) is 14.2 Å². The molecular weight excluding hydrogens is 534 g/mol. The number of hydrogen-bond acceptors (Lipinski definition) is 6. The lowest BCUT2D eigenvalue weighted by molar-refractivity contribution is 0.104. The van der Waals surface area contributed by atoms with Gasteiger partial charge in [-0.05, 0) is 60.7 Å². The summed E-state index contributed by atoms with van der Waals surface area (Å²) in [5.41, 5.74) is 6.10. The zero-order valence-corrected chi connectivity index (χ0v) is 19.9. The van der Waals surface area contributed by atoms with Crippen LogP contribution in [0, 0.1) is 11.6 Å². The van der Waals surface area contributed by atoms with E-state index in [1.54, 1.807) is 18.2 Å². The minimum Gasteiger partial charge on any atom is -0.396 e. The maximum atomic E-state index is 14.3. The Balaban J connectivity index is 1.89. The molecule has 1 heterocycles. The van der Waals surface area contributed by atoms with Gasteiger partial charge >= 0.3 is 0 Å². The van der Waals surface area contributed by atoms with Crippen molar-refractivity contribution in [3.8, 4) is 0 Å². The van der Waals surface area contributed by atoms with Gasteiger partial charge in [0.1, 0.15) is 26.4 Å². The summed E-state index contributed by atoms with van der Waals surface area (Å²) >= 11 is 4.05. The van der Waals surface area contributed by atoms with E-state index in [-0.39, 0.29) is 36.6 Å². The molecule has 4 aromatic rings. The van der Waals surface area contributed by atoms with Crippen molar-refractivity contribution < 1.29 is 22.0 Å². The second kappa shape index (κ2) is 9.05. The number of nitrogens with one attached hydrogen (secondary N) is 1. The molecule has 0 aliphatic rings. The number of para-hydroxylation sites is 1. The van der Waals surface area contributed by atoms with Crippen LogP contribution in [0.2, 0.25) is 0 Å². The van der Waals surface area contributed by atoms with Gasteiger partial charge in [-0.2, -0.15) is 0 Å². The number of sulfone groups is 1. The first-order chi connectivity index (χ1) is 15.7. The molecule has 0 atom stereocenters. The monoisotopic (exact) mass is 548 g/mol. The molecule has 4 rings (SSSR count). The highest BCUT2D eigenvalue weighted by atomic mass is 79.9. The van der Waals surface area contributed by atoms with Gasteiger partial charge in [0, 0.05) is 10.0 Å². The van der Waals surface area contributed by atoms with Crippen LogP contribution >= 0.6 is 27.3 Å². The second-order valence-electron chi connectivity index (χ2n) is 6.90. The van der Waals surface area contributed by atoms with Crippen LogP contribution in [0.5, 0.6) is 0 Å². The maximum Gasteiger partial charge on any atom is 0.211 e. The number of halogens is 3. The second-order valence-corrected chi connectivity index (χ2v) is 10.7. The summed E-state index contributed by atoms with van der Waals surface area (Å²) in [5, 5.41) is 2.76. The Morgan fingerprint density at radius 2 is 1.58 bits per heavy atom. The Morgan fingerprint density at radius 1 is 0.939 bits per heavy atom. The fourth-order valence-electron chi connectivity index (χ4n) is 3.10. The molecule has 0 bridgehead atoms. The quantitative estimate of drug-likeness (QED) is 0.281. The van der Waals surface area contributed by atoms with E-state index >= 15 is 0 Å². The Morgan fingerprint density at radius 3 is 2.21 bits per heavy atom. The molecular formula is C23H15BrF2N2O3S2. The van der Waals surface area contributed by atoms with E-state index < -0.39 is 27.3 Å². The van der Waals surface area contributed by atoms with E-state index in [2.05, 4.69) is 21.2 Å². The standard InChI is InChI=1S/C23H15BrF2N2O3S2/c24-14-7-11-16(12-8-14)33(30,31)22-19(27)21(20(29)13-5-9-15(25)10-6-13)32-23(22)28-18-4-2-1-3-17(18)26/h1-12,28H,27H2. The zero-order chi connectivity index (χ0) is 23.8. The lowest BCUT2D eigenvalue weighted by Crippen LogP contribution is -2.08. The molecule has 0 amide bonds.